The SMILES string of the molecule is O=C(Nc1c(-c2ccc(CCl)cc2)n[nH]c1C(F)F)c1cnn2ccc(N3C[C@H]4CC3CO4)nc12. The van der Waals surface area contributed by atoms with E-state index in [9.17, 15) is 13.6 Å². The molecule has 2 bridgehead atoms. The number of H-pyrrole nitrogens is 1. The van der Waals surface area contributed by atoms with Crippen LogP contribution in [0, 0.1) is 0 Å². The van der Waals surface area contributed by atoms with Crippen molar-refractivity contribution in [2.75, 3.05) is 23.4 Å². The van der Waals surface area contributed by atoms with Gasteiger partial charge in [0.05, 0.1) is 30.6 Å². The molecule has 0 radical (unpaired) electrons. The summed E-state index contributed by atoms with van der Waals surface area (Å²) in [5, 5.41) is 13.2. The van der Waals surface area contributed by atoms with Crippen molar-refractivity contribution in [3.05, 3.63) is 59.5 Å². The molecule has 0 spiro atoms. The zero-order valence-electron chi connectivity index (χ0n) is 18.3. The monoisotopic (exact) mass is 499 g/mol. The quantitative estimate of drug-likeness (QED) is 0.389. The van der Waals surface area contributed by atoms with E-state index in [2.05, 4.69) is 30.5 Å². The molecule has 12 heteroatoms. The van der Waals surface area contributed by atoms with Crippen LogP contribution < -0.4 is 10.2 Å². The van der Waals surface area contributed by atoms with Gasteiger partial charge in [-0.05, 0) is 18.1 Å². The van der Waals surface area contributed by atoms with Gasteiger partial charge in [-0.1, -0.05) is 24.3 Å². The Labute approximate surface area is 203 Å². The molecule has 2 saturated heterocycles. The van der Waals surface area contributed by atoms with Crippen LogP contribution in [-0.4, -0.2) is 56.0 Å². The second-order valence-corrected chi connectivity index (χ2v) is 8.82. The number of hydrogen-bond donors (Lipinski definition) is 2. The third-order valence-electron chi connectivity index (χ3n) is 6.43. The third kappa shape index (κ3) is 3.80. The summed E-state index contributed by atoms with van der Waals surface area (Å²) in [5.74, 6) is 0.430. The standard InChI is InChI=1S/C23H20ClF2N7O2/c24-8-12-1-3-13(4-2-12)18-19(20(21(25)26)31-30-18)29-23(34)16-9-27-33-6-5-17(28-22(16)33)32-10-15-7-14(32)11-35-15/h1-6,9,14-15,21H,7-8,10-11H2,(H,29,34)(H,30,31)/t14?,15-/m1/s1. The molecule has 2 fully saturated rings. The molecule has 2 N–H and O–H groups in total. The molecule has 2 aliphatic rings. The summed E-state index contributed by atoms with van der Waals surface area (Å²) in [4.78, 5) is 20.1. The van der Waals surface area contributed by atoms with Crippen molar-refractivity contribution in [3.8, 4) is 11.3 Å². The highest BCUT2D eigenvalue weighted by Crippen LogP contribution is 2.35. The fourth-order valence-corrected chi connectivity index (χ4v) is 4.82. The minimum Gasteiger partial charge on any atom is -0.374 e. The fraction of sp³-hybridized carbons (Fsp3) is 0.304. The number of ether oxygens (including phenoxy) is 1. The van der Waals surface area contributed by atoms with Crippen LogP contribution in [-0.2, 0) is 10.6 Å². The normalized spacial score (nSPS) is 19.3. The molecule has 6 rings (SSSR count). The van der Waals surface area contributed by atoms with Crippen molar-refractivity contribution in [3.63, 3.8) is 0 Å². The number of alkyl halides is 3. The predicted octanol–water partition coefficient (Wildman–Crippen LogP) is 4.03. The van der Waals surface area contributed by atoms with Crippen molar-refractivity contribution in [2.24, 2.45) is 0 Å². The lowest BCUT2D eigenvalue weighted by Crippen LogP contribution is -2.37. The number of aromatic amines is 1. The second kappa shape index (κ2) is 8.58. The summed E-state index contributed by atoms with van der Waals surface area (Å²) >= 11 is 5.85. The number of fused-ring (bicyclic) bond motifs is 3. The van der Waals surface area contributed by atoms with Gasteiger partial charge in [-0.2, -0.15) is 10.2 Å². The van der Waals surface area contributed by atoms with Gasteiger partial charge in [0.15, 0.2) is 5.65 Å². The second-order valence-electron chi connectivity index (χ2n) is 8.56. The number of nitrogens with zero attached hydrogens (tertiary/aromatic N) is 5. The topological polar surface area (TPSA) is 100 Å². The van der Waals surface area contributed by atoms with Crippen LogP contribution in [0.15, 0.2) is 42.7 Å². The molecule has 2 atom stereocenters. The van der Waals surface area contributed by atoms with Crippen LogP contribution >= 0.6 is 11.6 Å². The van der Waals surface area contributed by atoms with E-state index in [1.807, 2.05) is 6.07 Å². The molecule has 4 aromatic rings. The number of anilines is 2. The molecule has 2 aliphatic heterocycles. The van der Waals surface area contributed by atoms with E-state index >= 15 is 0 Å². The number of nitrogens with one attached hydrogen (secondary N) is 2. The van der Waals surface area contributed by atoms with Crippen molar-refractivity contribution < 1.29 is 18.3 Å². The van der Waals surface area contributed by atoms with Gasteiger partial charge in [0.25, 0.3) is 12.3 Å². The molecule has 3 aromatic heterocycles. The Hall–Kier alpha value is -3.57. The number of halogens is 3. The number of carbonyl (C=O) groups is 1. The number of morpholine rings is 1. The number of benzene rings is 1. The molecular weight excluding hydrogens is 480 g/mol. The van der Waals surface area contributed by atoms with Crippen LogP contribution in [0.25, 0.3) is 16.9 Å². The number of amides is 1. The molecule has 0 aliphatic carbocycles. The molecule has 0 saturated carbocycles. The zero-order chi connectivity index (χ0) is 24.1. The summed E-state index contributed by atoms with van der Waals surface area (Å²) in [7, 11) is 0. The smallest absolute Gasteiger partial charge is 0.281 e. The molecule has 35 heavy (non-hydrogen) atoms. The molecule has 1 unspecified atom stereocenters. The van der Waals surface area contributed by atoms with E-state index in [0.717, 1.165) is 24.3 Å². The summed E-state index contributed by atoms with van der Waals surface area (Å²) < 4.78 is 34.6. The van der Waals surface area contributed by atoms with E-state index in [1.54, 1.807) is 30.5 Å². The van der Waals surface area contributed by atoms with E-state index in [0.29, 0.717) is 23.7 Å². The summed E-state index contributed by atoms with van der Waals surface area (Å²) in [6.45, 7) is 1.39. The maximum Gasteiger partial charge on any atom is 0.281 e. The average Bonchev–Trinajstić information content (AvgIpc) is 3.66. The highest BCUT2D eigenvalue weighted by molar-refractivity contribution is 6.17. The Kier molecular flexibility index (Phi) is 5.37. The Balaban J connectivity index is 1.33. The molecule has 180 valence electrons. The number of aromatic nitrogens is 5. The van der Waals surface area contributed by atoms with E-state index in [-0.39, 0.29) is 29.1 Å². The van der Waals surface area contributed by atoms with Gasteiger partial charge in [-0.25, -0.2) is 18.3 Å². The first-order valence-electron chi connectivity index (χ1n) is 11.1. The molecule has 5 heterocycles. The maximum atomic E-state index is 13.7. The zero-order valence-corrected chi connectivity index (χ0v) is 19.0. The first-order chi connectivity index (χ1) is 17.0. The Morgan fingerprint density at radius 3 is 2.80 bits per heavy atom. The van der Waals surface area contributed by atoms with E-state index in [4.69, 9.17) is 16.3 Å². The lowest BCUT2D eigenvalue weighted by molar-refractivity contribution is 0.0988. The highest BCUT2D eigenvalue weighted by atomic mass is 35.5. The Bertz CT molecular complexity index is 1400. The number of rotatable bonds is 6. The lowest BCUT2D eigenvalue weighted by atomic mass is 10.1. The molecule has 1 amide bonds. The fourth-order valence-electron chi connectivity index (χ4n) is 4.64. The summed E-state index contributed by atoms with van der Waals surface area (Å²) in [6, 6.07) is 9.08. The van der Waals surface area contributed by atoms with Crippen molar-refractivity contribution in [1.29, 1.82) is 0 Å². The van der Waals surface area contributed by atoms with Gasteiger partial charge < -0.3 is 15.0 Å². The largest absolute Gasteiger partial charge is 0.374 e. The van der Waals surface area contributed by atoms with Gasteiger partial charge in [0, 0.05) is 24.2 Å². The van der Waals surface area contributed by atoms with Gasteiger partial charge >= 0.3 is 0 Å². The number of hydrogen-bond acceptors (Lipinski definition) is 6. The van der Waals surface area contributed by atoms with Gasteiger partial charge in [0.1, 0.15) is 22.8 Å². The third-order valence-corrected chi connectivity index (χ3v) is 6.74. The van der Waals surface area contributed by atoms with Gasteiger partial charge in [-0.3, -0.25) is 9.89 Å². The average molecular weight is 500 g/mol. The molecule has 9 nitrogen and oxygen atoms in total. The first kappa shape index (κ1) is 21.9. The van der Waals surface area contributed by atoms with E-state index in [1.165, 1.54) is 10.7 Å². The van der Waals surface area contributed by atoms with Gasteiger partial charge in [-0.15, -0.1) is 11.6 Å². The van der Waals surface area contributed by atoms with Crippen LogP contribution in [0.1, 0.15) is 34.5 Å². The number of carbonyl (C=O) groups excluding carboxylic acids is 1. The predicted molar refractivity (Wildman–Crippen MR) is 125 cm³/mol. The van der Waals surface area contributed by atoms with Gasteiger partial charge in [0.2, 0.25) is 0 Å². The van der Waals surface area contributed by atoms with Crippen molar-refractivity contribution in [2.45, 2.75) is 30.9 Å². The minimum atomic E-state index is -2.87. The van der Waals surface area contributed by atoms with Crippen LogP contribution in [0.3, 0.4) is 0 Å². The lowest BCUT2D eigenvalue weighted by Gasteiger charge is -2.27. The maximum absolute atomic E-state index is 13.7. The molecular formula is C23H20ClF2N7O2. The van der Waals surface area contributed by atoms with Crippen LogP contribution in [0.5, 0.6) is 0 Å². The van der Waals surface area contributed by atoms with Crippen LogP contribution in [0.4, 0.5) is 20.3 Å². The van der Waals surface area contributed by atoms with E-state index < -0.39 is 18.0 Å². The summed E-state index contributed by atoms with van der Waals surface area (Å²) in [6.07, 6.45) is 1.38. The molecule has 1 aromatic carbocycles. The highest BCUT2D eigenvalue weighted by Gasteiger charge is 2.39. The Morgan fingerprint density at radius 1 is 1.29 bits per heavy atom. The first-order valence-corrected chi connectivity index (χ1v) is 11.6. The summed E-state index contributed by atoms with van der Waals surface area (Å²) in [5.41, 5.74) is 1.56. The Morgan fingerprint density at radius 2 is 2.11 bits per heavy atom. The minimum absolute atomic E-state index is 0.0897. The van der Waals surface area contributed by atoms with Crippen molar-refractivity contribution in [1.82, 2.24) is 24.8 Å². The van der Waals surface area contributed by atoms with Crippen molar-refractivity contribution >= 4 is 34.7 Å². The van der Waals surface area contributed by atoms with Crippen LogP contribution in [0.2, 0.25) is 0 Å².